The molecular weight excluding hydrogens is 274 g/mol. The predicted molar refractivity (Wildman–Crippen MR) is 61.3 cm³/mol. The van der Waals surface area contributed by atoms with Crippen LogP contribution in [0.1, 0.15) is 16.1 Å². The van der Waals surface area contributed by atoms with Crippen LogP contribution in [-0.2, 0) is 0 Å². The molecule has 0 saturated heterocycles. The number of rotatable bonds is 2. The van der Waals surface area contributed by atoms with Gasteiger partial charge in [0.25, 0.3) is 0 Å². The van der Waals surface area contributed by atoms with Gasteiger partial charge in [-0.2, -0.15) is 0 Å². The van der Waals surface area contributed by atoms with Crippen molar-refractivity contribution in [2.75, 3.05) is 0 Å². The van der Waals surface area contributed by atoms with E-state index in [-0.39, 0.29) is 11.3 Å². The van der Waals surface area contributed by atoms with Gasteiger partial charge in [-0.1, -0.05) is 33.2 Å². The molecule has 0 atom stereocenters. The molecule has 0 bridgehead atoms. The minimum Gasteiger partial charge on any atom is -0.477 e. The molecule has 1 heterocycles. The molecular formula is C11H8BrNO3. The zero-order valence-corrected chi connectivity index (χ0v) is 9.98. The quantitative estimate of drug-likeness (QED) is 0.919. The Hall–Kier alpha value is -1.62. The van der Waals surface area contributed by atoms with Gasteiger partial charge in [-0.15, -0.1) is 0 Å². The average Bonchev–Trinajstić information content (AvgIpc) is 2.61. The SMILES string of the molecule is Cc1noc(-c2ccccc2Br)c1C(=O)O. The van der Waals surface area contributed by atoms with Crippen molar-refractivity contribution >= 4 is 21.9 Å². The fraction of sp³-hybridized carbons (Fsp3) is 0.0909. The molecule has 4 nitrogen and oxygen atoms in total. The van der Waals surface area contributed by atoms with Crippen LogP contribution in [0, 0.1) is 6.92 Å². The van der Waals surface area contributed by atoms with Crippen LogP contribution in [0.15, 0.2) is 33.3 Å². The van der Waals surface area contributed by atoms with Crippen LogP contribution in [0.5, 0.6) is 0 Å². The summed E-state index contributed by atoms with van der Waals surface area (Å²) in [7, 11) is 0. The summed E-state index contributed by atoms with van der Waals surface area (Å²) >= 11 is 3.34. The lowest BCUT2D eigenvalue weighted by Crippen LogP contribution is -1.99. The first-order valence-electron chi connectivity index (χ1n) is 4.55. The minimum absolute atomic E-state index is 0.104. The number of carboxylic acids is 1. The maximum atomic E-state index is 11.1. The highest BCUT2D eigenvalue weighted by Crippen LogP contribution is 2.31. The van der Waals surface area contributed by atoms with Crippen molar-refractivity contribution in [1.82, 2.24) is 5.16 Å². The van der Waals surface area contributed by atoms with E-state index in [1.165, 1.54) is 0 Å². The summed E-state index contributed by atoms with van der Waals surface area (Å²) in [6.45, 7) is 1.60. The van der Waals surface area contributed by atoms with Gasteiger partial charge >= 0.3 is 5.97 Å². The zero-order valence-electron chi connectivity index (χ0n) is 8.40. The molecule has 1 aromatic heterocycles. The lowest BCUT2D eigenvalue weighted by atomic mass is 10.1. The van der Waals surface area contributed by atoms with E-state index in [9.17, 15) is 4.79 Å². The lowest BCUT2D eigenvalue weighted by molar-refractivity contribution is 0.0696. The Morgan fingerprint density at radius 3 is 2.75 bits per heavy atom. The highest BCUT2D eigenvalue weighted by atomic mass is 79.9. The molecule has 0 unspecified atom stereocenters. The Labute approximate surface area is 100 Å². The Kier molecular flexibility index (Phi) is 2.78. The van der Waals surface area contributed by atoms with Gasteiger partial charge in [-0.3, -0.25) is 0 Å². The first-order chi connectivity index (χ1) is 7.61. The maximum Gasteiger partial charge on any atom is 0.341 e. The Morgan fingerprint density at radius 1 is 1.44 bits per heavy atom. The number of carboxylic acid groups (broad SMARTS) is 1. The summed E-state index contributed by atoms with van der Waals surface area (Å²) in [5.74, 6) is -0.762. The number of nitrogens with zero attached hydrogens (tertiary/aromatic N) is 1. The van der Waals surface area contributed by atoms with E-state index >= 15 is 0 Å². The number of hydrogen-bond acceptors (Lipinski definition) is 3. The van der Waals surface area contributed by atoms with E-state index in [0.29, 0.717) is 11.3 Å². The van der Waals surface area contributed by atoms with Crippen LogP contribution in [0.3, 0.4) is 0 Å². The normalized spacial score (nSPS) is 10.4. The van der Waals surface area contributed by atoms with E-state index in [4.69, 9.17) is 9.63 Å². The summed E-state index contributed by atoms with van der Waals surface area (Å²) < 4.78 is 5.83. The summed E-state index contributed by atoms with van der Waals surface area (Å²) in [6, 6.07) is 7.25. The number of carbonyl (C=O) groups is 1. The molecule has 0 aliphatic rings. The molecule has 0 radical (unpaired) electrons. The third-order valence-corrected chi connectivity index (χ3v) is 2.89. The van der Waals surface area contributed by atoms with Gasteiger partial charge in [-0.25, -0.2) is 4.79 Å². The molecule has 0 amide bonds. The largest absolute Gasteiger partial charge is 0.477 e. The van der Waals surface area contributed by atoms with Gasteiger partial charge in [-0.05, 0) is 19.1 Å². The number of aromatic carboxylic acids is 1. The lowest BCUT2D eigenvalue weighted by Gasteiger charge is -2.00. The molecule has 1 N–H and O–H groups in total. The Balaban J connectivity index is 2.66. The number of benzene rings is 1. The number of hydrogen-bond donors (Lipinski definition) is 1. The smallest absolute Gasteiger partial charge is 0.341 e. The van der Waals surface area contributed by atoms with Gasteiger partial charge in [0.2, 0.25) is 0 Å². The Bertz CT molecular complexity index is 548. The molecule has 0 saturated carbocycles. The second-order valence-electron chi connectivity index (χ2n) is 3.26. The van der Waals surface area contributed by atoms with Crippen LogP contribution >= 0.6 is 15.9 Å². The fourth-order valence-electron chi connectivity index (χ4n) is 1.45. The van der Waals surface area contributed by atoms with Gasteiger partial charge < -0.3 is 9.63 Å². The highest BCUT2D eigenvalue weighted by molar-refractivity contribution is 9.10. The van der Waals surface area contributed by atoms with Crippen LogP contribution in [0.25, 0.3) is 11.3 Å². The van der Waals surface area contributed by atoms with Crippen molar-refractivity contribution in [3.8, 4) is 11.3 Å². The predicted octanol–water partition coefficient (Wildman–Crippen LogP) is 3.11. The van der Waals surface area contributed by atoms with Crippen molar-refractivity contribution in [3.05, 3.63) is 40.0 Å². The molecule has 5 heteroatoms. The van der Waals surface area contributed by atoms with Crippen LogP contribution < -0.4 is 0 Å². The van der Waals surface area contributed by atoms with Crippen molar-refractivity contribution in [2.45, 2.75) is 6.92 Å². The highest BCUT2D eigenvalue weighted by Gasteiger charge is 2.22. The number of aryl methyl sites for hydroxylation is 1. The first-order valence-corrected chi connectivity index (χ1v) is 5.35. The second-order valence-corrected chi connectivity index (χ2v) is 4.11. The third-order valence-electron chi connectivity index (χ3n) is 2.20. The molecule has 0 aliphatic heterocycles. The van der Waals surface area contributed by atoms with Crippen molar-refractivity contribution in [2.24, 2.45) is 0 Å². The van der Waals surface area contributed by atoms with Gasteiger partial charge in [0.05, 0.1) is 5.69 Å². The molecule has 0 aliphatic carbocycles. The van der Waals surface area contributed by atoms with E-state index in [1.54, 1.807) is 13.0 Å². The molecule has 16 heavy (non-hydrogen) atoms. The molecule has 2 aromatic rings. The monoisotopic (exact) mass is 281 g/mol. The summed E-state index contributed by atoms with van der Waals surface area (Å²) in [6.07, 6.45) is 0. The van der Waals surface area contributed by atoms with E-state index in [2.05, 4.69) is 21.1 Å². The van der Waals surface area contributed by atoms with Crippen molar-refractivity contribution in [3.63, 3.8) is 0 Å². The van der Waals surface area contributed by atoms with E-state index in [1.807, 2.05) is 18.2 Å². The van der Waals surface area contributed by atoms with E-state index < -0.39 is 5.97 Å². The average molecular weight is 282 g/mol. The van der Waals surface area contributed by atoms with Gasteiger partial charge in [0.15, 0.2) is 5.76 Å². The molecule has 82 valence electrons. The summed E-state index contributed by atoms with van der Waals surface area (Å²) in [4.78, 5) is 11.1. The molecule has 0 fully saturated rings. The fourth-order valence-corrected chi connectivity index (χ4v) is 1.92. The maximum absolute atomic E-state index is 11.1. The van der Waals surface area contributed by atoms with Crippen LogP contribution in [-0.4, -0.2) is 16.2 Å². The Morgan fingerprint density at radius 2 is 2.12 bits per heavy atom. The second kappa shape index (κ2) is 4.09. The zero-order chi connectivity index (χ0) is 11.7. The number of aromatic nitrogens is 1. The van der Waals surface area contributed by atoms with Crippen LogP contribution in [0.4, 0.5) is 0 Å². The summed E-state index contributed by atoms with van der Waals surface area (Å²) in [5, 5.41) is 12.8. The molecule has 1 aromatic carbocycles. The molecule has 0 spiro atoms. The topological polar surface area (TPSA) is 63.3 Å². The van der Waals surface area contributed by atoms with Gasteiger partial charge in [0.1, 0.15) is 5.56 Å². The van der Waals surface area contributed by atoms with E-state index in [0.717, 1.165) is 4.47 Å². The van der Waals surface area contributed by atoms with Crippen molar-refractivity contribution < 1.29 is 14.4 Å². The van der Waals surface area contributed by atoms with Crippen molar-refractivity contribution in [1.29, 1.82) is 0 Å². The standard InChI is InChI=1S/C11H8BrNO3/c1-6-9(11(14)15)10(16-13-6)7-4-2-3-5-8(7)12/h2-5H,1H3,(H,14,15). The minimum atomic E-state index is -1.04. The summed E-state index contributed by atoms with van der Waals surface area (Å²) in [5.41, 5.74) is 1.16. The first kappa shape index (κ1) is 10.9. The van der Waals surface area contributed by atoms with Crippen LogP contribution in [0.2, 0.25) is 0 Å². The third kappa shape index (κ3) is 1.74. The number of halogens is 1. The molecule has 2 rings (SSSR count). The van der Waals surface area contributed by atoms with Gasteiger partial charge in [0, 0.05) is 10.0 Å².